The Bertz CT molecular complexity index is 555. The highest BCUT2D eigenvalue weighted by Gasteiger charge is 2.35. The summed E-state index contributed by atoms with van der Waals surface area (Å²) in [6.45, 7) is 1.00. The van der Waals surface area contributed by atoms with Crippen molar-refractivity contribution in [1.82, 2.24) is 15.2 Å². The minimum Gasteiger partial charge on any atom is -0.393 e. The van der Waals surface area contributed by atoms with Crippen LogP contribution >= 0.6 is 0 Å². The maximum atomic E-state index is 12.4. The molecule has 1 aliphatic carbocycles. The lowest BCUT2D eigenvalue weighted by Gasteiger charge is -2.27. The van der Waals surface area contributed by atoms with Crippen LogP contribution in [0.25, 0.3) is 0 Å². The van der Waals surface area contributed by atoms with Gasteiger partial charge in [-0.1, -0.05) is 0 Å². The molecular weight excluding hydrogens is 294 g/mol. The second-order valence-electron chi connectivity index (χ2n) is 6.54. The van der Waals surface area contributed by atoms with Crippen LogP contribution in [0.15, 0.2) is 24.5 Å². The number of aromatic nitrogens is 1. The summed E-state index contributed by atoms with van der Waals surface area (Å²) in [6.07, 6.45) is 6.57. The molecule has 2 amide bonds. The van der Waals surface area contributed by atoms with E-state index in [0.717, 1.165) is 31.2 Å². The van der Waals surface area contributed by atoms with Crippen LogP contribution < -0.4 is 5.32 Å². The van der Waals surface area contributed by atoms with Gasteiger partial charge in [0.15, 0.2) is 0 Å². The van der Waals surface area contributed by atoms with Crippen LogP contribution in [0.5, 0.6) is 0 Å². The van der Waals surface area contributed by atoms with Crippen LogP contribution in [0, 0.1) is 5.92 Å². The van der Waals surface area contributed by atoms with E-state index in [1.54, 1.807) is 17.3 Å². The Morgan fingerprint density at radius 3 is 2.65 bits per heavy atom. The Hall–Kier alpha value is -1.95. The number of aliphatic hydroxyl groups excluding tert-OH is 1. The fourth-order valence-corrected chi connectivity index (χ4v) is 3.35. The van der Waals surface area contributed by atoms with E-state index >= 15 is 0 Å². The molecule has 0 unspecified atom stereocenters. The number of hydrogen-bond acceptors (Lipinski definition) is 4. The smallest absolute Gasteiger partial charge is 0.225 e. The van der Waals surface area contributed by atoms with E-state index in [9.17, 15) is 14.7 Å². The molecule has 1 saturated heterocycles. The molecule has 1 aliphatic heterocycles. The molecule has 2 N–H and O–H groups in total. The van der Waals surface area contributed by atoms with Gasteiger partial charge in [0, 0.05) is 37.9 Å². The van der Waals surface area contributed by atoms with E-state index in [1.807, 2.05) is 12.1 Å². The van der Waals surface area contributed by atoms with Crippen molar-refractivity contribution in [3.63, 3.8) is 0 Å². The summed E-state index contributed by atoms with van der Waals surface area (Å²) in [5.41, 5.74) is 1.02. The summed E-state index contributed by atoms with van der Waals surface area (Å²) in [6, 6.07) is 3.90. The minimum absolute atomic E-state index is 0.0287. The lowest BCUT2D eigenvalue weighted by molar-refractivity contribution is -0.129. The quantitative estimate of drug-likeness (QED) is 0.862. The maximum Gasteiger partial charge on any atom is 0.225 e. The van der Waals surface area contributed by atoms with Crippen molar-refractivity contribution in [2.24, 2.45) is 5.92 Å². The molecule has 0 spiro atoms. The summed E-state index contributed by atoms with van der Waals surface area (Å²) in [5.74, 6) is -0.269. The Morgan fingerprint density at radius 1 is 1.26 bits per heavy atom. The minimum atomic E-state index is -0.267. The Morgan fingerprint density at radius 2 is 1.96 bits per heavy atom. The van der Waals surface area contributed by atoms with Crippen LogP contribution in [0.1, 0.15) is 37.7 Å². The molecule has 0 radical (unpaired) electrons. The van der Waals surface area contributed by atoms with Crippen molar-refractivity contribution in [2.75, 3.05) is 6.54 Å². The number of nitrogens with one attached hydrogen (secondary N) is 1. The van der Waals surface area contributed by atoms with E-state index in [4.69, 9.17) is 0 Å². The molecule has 1 aromatic heterocycles. The standard InChI is InChI=1S/C17H23N3O3/c21-15-3-1-14(2-4-15)19-17(23)13-9-16(22)20(11-13)10-12-5-7-18-8-6-12/h5-8,13-15,21H,1-4,9-11H2,(H,19,23)/t13-,14?,15?/m1/s1. The average Bonchev–Trinajstić information content (AvgIpc) is 2.92. The van der Waals surface area contributed by atoms with Crippen molar-refractivity contribution in [2.45, 2.75) is 50.8 Å². The van der Waals surface area contributed by atoms with E-state index in [-0.39, 0.29) is 36.3 Å². The van der Waals surface area contributed by atoms with Crippen molar-refractivity contribution in [3.8, 4) is 0 Å². The Kier molecular flexibility index (Phi) is 4.91. The van der Waals surface area contributed by atoms with E-state index in [2.05, 4.69) is 10.3 Å². The first-order valence-corrected chi connectivity index (χ1v) is 8.27. The fraction of sp³-hybridized carbons (Fsp3) is 0.588. The molecule has 124 valence electrons. The van der Waals surface area contributed by atoms with E-state index < -0.39 is 0 Å². The van der Waals surface area contributed by atoms with Gasteiger partial charge >= 0.3 is 0 Å². The van der Waals surface area contributed by atoms with Gasteiger partial charge in [-0.05, 0) is 43.4 Å². The highest BCUT2D eigenvalue weighted by molar-refractivity contribution is 5.89. The normalized spacial score (nSPS) is 28.0. The van der Waals surface area contributed by atoms with Crippen molar-refractivity contribution < 1.29 is 14.7 Å². The van der Waals surface area contributed by atoms with E-state index in [1.165, 1.54) is 0 Å². The monoisotopic (exact) mass is 317 g/mol. The van der Waals surface area contributed by atoms with Crippen LogP contribution in [0.2, 0.25) is 0 Å². The average molecular weight is 317 g/mol. The molecule has 23 heavy (non-hydrogen) atoms. The maximum absolute atomic E-state index is 12.4. The molecule has 2 aliphatic rings. The molecular formula is C17H23N3O3. The summed E-state index contributed by atoms with van der Waals surface area (Å²) in [7, 11) is 0. The number of hydrogen-bond donors (Lipinski definition) is 2. The number of pyridine rings is 1. The largest absolute Gasteiger partial charge is 0.393 e. The molecule has 1 atom stereocenters. The highest BCUT2D eigenvalue weighted by atomic mass is 16.3. The molecule has 0 aromatic carbocycles. The van der Waals surface area contributed by atoms with Gasteiger partial charge in [-0.2, -0.15) is 0 Å². The number of aliphatic hydroxyl groups is 1. The van der Waals surface area contributed by atoms with Crippen molar-refractivity contribution >= 4 is 11.8 Å². The van der Waals surface area contributed by atoms with Gasteiger partial charge in [-0.15, -0.1) is 0 Å². The number of nitrogens with zero attached hydrogens (tertiary/aromatic N) is 2. The summed E-state index contributed by atoms with van der Waals surface area (Å²) < 4.78 is 0. The number of likely N-dealkylation sites (tertiary alicyclic amines) is 1. The zero-order chi connectivity index (χ0) is 16.2. The number of rotatable bonds is 4. The predicted octanol–water partition coefficient (Wildman–Crippen LogP) is 0.850. The van der Waals surface area contributed by atoms with Gasteiger partial charge in [0.2, 0.25) is 11.8 Å². The Labute approximate surface area is 135 Å². The second-order valence-corrected chi connectivity index (χ2v) is 6.54. The zero-order valence-corrected chi connectivity index (χ0v) is 13.1. The molecule has 6 heteroatoms. The van der Waals surface area contributed by atoms with Gasteiger partial charge in [-0.25, -0.2) is 0 Å². The zero-order valence-electron chi connectivity index (χ0n) is 13.1. The lowest BCUT2D eigenvalue weighted by Crippen LogP contribution is -2.42. The van der Waals surface area contributed by atoms with Crippen LogP contribution in [0.4, 0.5) is 0 Å². The first-order valence-electron chi connectivity index (χ1n) is 8.27. The number of amides is 2. The molecule has 1 saturated carbocycles. The highest BCUT2D eigenvalue weighted by Crippen LogP contribution is 2.22. The third kappa shape index (κ3) is 4.07. The fourth-order valence-electron chi connectivity index (χ4n) is 3.35. The second kappa shape index (κ2) is 7.08. The van der Waals surface area contributed by atoms with E-state index in [0.29, 0.717) is 13.1 Å². The molecule has 6 nitrogen and oxygen atoms in total. The molecule has 2 fully saturated rings. The molecule has 2 heterocycles. The molecule has 0 bridgehead atoms. The summed E-state index contributed by atoms with van der Waals surface area (Å²) in [5, 5.41) is 12.6. The van der Waals surface area contributed by atoms with Crippen molar-refractivity contribution in [1.29, 1.82) is 0 Å². The van der Waals surface area contributed by atoms with Gasteiger partial charge < -0.3 is 15.3 Å². The summed E-state index contributed by atoms with van der Waals surface area (Å²) in [4.78, 5) is 30.2. The van der Waals surface area contributed by atoms with Crippen LogP contribution in [-0.2, 0) is 16.1 Å². The number of carbonyl (C=O) groups is 2. The third-order valence-corrected chi connectivity index (χ3v) is 4.75. The lowest BCUT2D eigenvalue weighted by atomic mass is 9.92. The Balaban J connectivity index is 1.51. The summed E-state index contributed by atoms with van der Waals surface area (Å²) >= 11 is 0. The van der Waals surface area contributed by atoms with Gasteiger partial charge in [0.25, 0.3) is 0 Å². The first-order chi connectivity index (χ1) is 11.1. The molecule has 1 aromatic rings. The van der Waals surface area contributed by atoms with Gasteiger partial charge in [-0.3, -0.25) is 14.6 Å². The van der Waals surface area contributed by atoms with Crippen molar-refractivity contribution in [3.05, 3.63) is 30.1 Å². The number of carbonyl (C=O) groups excluding carboxylic acids is 2. The van der Waals surface area contributed by atoms with Crippen LogP contribution in [0.3, 0.4) is 0 Å². The third-order valence-electron chi connectivity index (χ3n) is 4.75. The predicted molar refractivity (Wildman–Crippen MR) is 84.2 cm³/mol. The van der Waals surface area contributed by atoms with Gasteiger partial charge in [0.05, 0.1) is 12.0 Å². The van der Waals surface area contributed by atoms with Crippen LogP contribution in [-0.4, -0.2) is 45.5 Å². The van der Waals surface area contributed by atoms with Gasteiger partial charge in [0.1, 0.15) is 0 Å². The topological polar surface area (TPSA) is 82.5 Å². The first kappa shape index (κ1) is 15.9. The molecule has 3 rings (SSSR count). The SMILES string of the molecule is O=C(NC1CCC(O)CC1)[C@@H]1CC(=O)N(Cc2ccncc2)C1.